The van der Waals surface area contributed by atoms with E-state index in [1.165, 1.54) is 16.9 Å². The minimum absolute atomic E-state index is 0.0870. The second-order valence-electron chi connectivity index (χ2n) is 6.92. The van der Waals surface area contributed by atoms with E-state index in [2.05, 4.69) is 58.0 Å². The van der Waals surface area contributed by atoms with Gasteiger partial charge in [0.15, 0.2) is 0 Å². The Balaban J connectivity index is 1.58. The topological polar surface area (TPSA) is 84.7 Å². The summed E-state index contributed by atoms with van der Waals surface area (Å²) in [5.41, 5.74) is 2.71. The van der Waals surface area contributed by atoms with E-state index in [9.17, 15) is 4.79 Å². The van der Waals surface area contributed by atoms with Gasteiger partial charge in [0.1, 0.15) is 10.5 Å². The summed E-state index contributed by atoms with van der Waals surface area (Å²) in [6.07, 6.45) is 4.93. The number of piperidine rings is 1. The Morgan fingerprint density at radius 1 is 1.26 bits per heavy atom. The maximum atomic E-state index is 13.2. The lowest BCUT2D eigenvalue weighted by Crippen LogP contribution is -2.52. The highest BCUT2D eigenvalue weighted by Crippen LogP contribution is 2.32. The van der Waals surface area contributed by atoms with E-state index >= 15 is 0 Å². The van der Waals surface area contributed by atoms with Crippen LogP contribution in [0.5, 0.6) is 0 Å². The van der Waals surface area contributed by atoms with Crippen molar-refractivity contribution in [2.24, 2.45) is 0 Å². The van der Waals surface area contributed by atoms with Crippen LogP contribution in [0.3, 0.4) is 0 Å². The summed E-state index contributed by atoms with van der Waals surface area (Å²) in [5.74, 6) is -0.0870. The SMILES string of the molecule is Cc1ccc(-c2nnc(NC(=O)C3(n4cccn4)CCNCC3)s2)c(C)c1. The molecule has 3 aromatic rings. The maximum Gasteiger partial charge on any atom is 0.254 e. The third-order valence-corrected chi connectivity index (χ3v) is 5.93. The zero-order valence-corrected chi connectivity index (χ0v) is 16.2. The number of carbonyl (C=O) groups is 1. The van der Waals surface area contributed by atoms with E-state index in [1.807, 2.05) is 12.3 Å². The lowest BCUT2D eigenvalue weighted by Gasteiger charge is -2.36. The molecule has 0 spiro atoms. The number of hydrogen-bond donors (Lipinski definition) is 2. The molecule has 0 saturated carbocycles. The molecular formula is C19H22N6OS. The average Bonchev–Trinajstić information content (AvgIpc) is 3.34. The maximum absolute atomic E-state index is 13.2. The van der Waals surface area contributed by atoms with E-state index in [4.69, 9.17) is 0 Å². The molecule has 1 saturated heterocycles. The number of nitrogens with zero attached hydrogens (tertiary/aromatic N) is 4. The highest BCUT2D eigenvalue weighted by Gasteiger charge is 2.42. The summed E-state index contributed by atoms with van der Waals surface area (Å²) in [6, 6.07) is 8.08. The minimum Gasteiger partial charge on any atom is -0.317 e. The number of rotatable bonds is 4. The highest BCUT2D eigenvalue weighted by atomic mass is 32.1. The van der Waals surface area contributed by atoms with Crippen LogP contribution >= 0.6 is 11.3 Å². The molecule has 0 atom stereocenters. The predicted molar refractivity (Wildman–Crippen MR) is 106 cm³/mol. The summed E-state index contributed by atoms with van der Waals surface area (Å²) >= 11 is 1.39. The Bertz CT molecular complexity index is 943. The van der Waals surface area contributed by atoms with Crippen LogP contribution in [0, 0.1) is 13.8 Å². The largest absolute Gasteiger partial charge is 0.317 e. The lowest BCUT2D eigenvalue weighted by molar-refractivity contribution is -0.126. The summed E-state index contributed by atoms with van der Waals surface area (Å²) in [4.78, 5) is 13.2. The Labute approximate surface area is 161 Å². The number of nitrogens with one attached hydrogen (secondary N) is 2. The Hall–Kier alpha value is -2.58. The molecule has 0 aliphatic carbocycles. The summed E-state index contributed by atoms with van der Waals surface area (Å²) in [5, 5.41) is 20.4. The monoisotopic (exact) mass is 382 g/mol. The van der Waals surface area contributed by atoms with E-state index < -0.39 is 5.54 Å². The van der Waals surface area contributed by atoms with Crippen LogP contribution in [-0.2, 0) is 10.3 Å². The van der Waals surface area contributed by atoms with E-state index in [-0.39, 0.29) is 5.91 Å². The Morgan fingerprint density at radius 3 is 2.78 bits per heavy atom. The molecule has 1 amide bonds. The van der Waals surface area contributed by atoms with Crippen molar-refractivity contribution in [2.75, 3.05) is 18.4 Å². The first-order valence-corrected chi connectivity index (χ1v) is 9.84. The van der Waals surface area contributed by atoms with Gasteiger partial charge in [-0.25, -0.2) is 0 Å². The molecule has 7 nitrogen and oxygen atoms in total. The molecule has 2 aromatic heterocycles. The normalized spacial score (nSPS) is 16.2. The van der Waals surface area contributed by atoms with Crippen molar-refractivity contribution < 1.29 is 4.79 Å². The van der Waals surface area contributed by atoms with Crippen LogP contribution in [0.15, 0.2) is 36.7 Å². The number of amides is 1. The van der Waals surface area contributed by atoms with Gasteiger partial charge in [-0.2, -0.15) is 5.10 Å². The quantitative estimate of drug-likeness (QED) is 0.725. The zero-order chi connectivity index (χ0) is 18.9. The van der Waals surface area contributed by atoms with Gasteiger partial charge in [-0.05, 0) is 51.4 Å². The molecule has 1 aliphatic heterocycles. The highest BCUT2D eigenvalue weighted by molar-refractivity contribution is 7.18. The van der Waals surface area contributed by atoms with Crippen molar-refractivity contribution in [3.05, 3.63) is 47.8 Å². The standard InChI is InChI=1S/C19H22N6OS/c1-13-4-5-15(14(2)12-13)16-23-24-18(27-16)22-17(26)19(6-9-20-10-7-19)25-11-3-8-21-25/h3-5,8,11-12,20H,6-7,9-10H2,1-2H3,(H,22,24,26). The summed E-state index contributed by atoms with van der Waals surface area (Å²) in [7, 11) is 0. The molecule has 3 heterocycles. The first-order valence-electron chi connectivity index (χ1n) is 9.02. The third kappa shape index (κ3) is 3.38. The van der Waals surface area contributed by atoms with Crippen LogP contribution in [0.4, 0.5) is 5.13 Å². The van der Waals surface area contributed by atoms with Crippen molar-refractivity contribution in [2.45, 2.75) is 32.2 Å². The average molecular weight is 382 g/mol. The molecule has 27 heavy (non-hydrogen) atoms. The molecule has 1 fully saturated rings. The molecule has 0 unspecified atom stereocenters. The first-order chi connectivity index (χ1) is 13.1. The zero-order valence-electron chi connectivity index (χ0n) is 15.4. The number of carbonyl (C=O) groups excluding carboxylic acids is 1. The number of aromatic nitrogens is 4. The van der Waals surface area contributed by atoms with Gasteiger partial charge in [0.05, 0.1) is 0 Å². The summed E-state index contributed by atoms with van der Waals surface area (Å²) in [6.45, 7) is 5.68. The van der Waals surface area contributed by atoms with Gasteiger partial charge in [0, 0.05) is 18.0 Å². The molecule has 1 aromatic carbocycles. The third-order valence-electron chi connectivity index (χ3n) is 5.05. The van der Waals surface area contributed by atoms with Crippen molar-refractivity contribution in [1.29, 1.82) is 0 Å². The van der Waals surface area contributed by atoms with Crippen molar-refractivity contribution >= 4 is 22.4 Å². The predicted octanol–water partition coefficient (Wildman–Crippen LogP) is 2.74. The fourth-order valence-corrected chi connectivity index (χ4v) is 4.40. The summed E-state index contributed by atoms with van der Waals surface area (Å²) < 4.78 is 1.77. The molecular weight excluding hydrogens is 360 g/mol. The Kier molecular flexibility index (Phi) is 4.75. The second kappa shape index (κ2) is 7.21. The fraction of sp³-hybridized carbons (Fsp3) is 0.368. The molecule has 0 bridgehead atoms. The van der Waals surface area contributed by atoms with Gasteiger partial charge in [-0.15, -0.1) is 10.2 Å². The van der Waals surface area contributed by atoms with Crippen LogP contribution in [0.25, 0.3) is 10.6 Å². The van der Waals surface area contributed by atoms with E-state index in [0.29, 0.717) is 18.0 Å². The smallest absolute Gasteiger partial charge is 0.254 e. The van der Waals surface area contributed by atoms with Crippen molar-refractivity contribution in [3.63, 3.8) is 0 Å². The first kappa shape index (κ1) is 17.8. The van der Waals surface area contributed by atoms with Gasteiger partial charge in [0.2, 0.25) is 5.13 Å². The molecule has 4 rings (SSSR count). The molecule has 140 valence electrons. The Morgan fingerprint density at radius 2 is 2.07 bits per heavy atom. The van der Waals surface area contributed by atoms with E-state index in [1.54, 1.807) is 10.9 Å². The van der Waals surface area contributed by atoms with Crippen molar-refractivity contribution in [3.8, 4) is 10.6 Å². The number of hydrogen-bond acceptors (Lipinski definition) is 6. The van der Waals surface area contributed by atoms with Crippen LogP contribution in [0.1, 0.15) is 24.0 Å². The van der Waals surface area contributed by atoms with Gasteiger partial charge < -0.3 is 5.32 Å². The van der Waals surface area contributed by atoms with Gasteiger partial charge in [-0.3, -0.25) is 14.8 Å². The van der Waals surface area contributed by atoms with Crippen LogP contribution in [-0.4, -0.2) is 39.0 Å². The number of benzene rings is 1. The second-order valence-corrected chi connectivity index (χ2v) is 7.89. The number of aryl methyl sites for hydroxylation is 2. The van der Waals surface area contributed by atoms with Gasteiger partial charge in [0.25, 0.3) is 5.91 Å². The molecule has 0 radical (unpaired) electrons. The van der Waals surface area contributed by atoms with Gasteiger partial charge >= 0.3 is 0 Å². The van der Waals surface area contributed by atoms with Crippen LogP contribution < -0.4 is 10.6 Å². The van der Waals surface area contributed by atoms with Crippen LogP contribution in [0.2, 0.25) is 0 Å². The minimum atomic E-state index is -0.694. The van der Waals surface area contributed by atoms with E-state index in [0.717, 1.165) is 29.2 Å². The molecule has 8 heteroatoms. The molecule has 1 aliphatic rings. The van der Waals surface area contributed by atoms with Gasteiger partial charge in [-0.1, -0.05) is 35.1 Å². The number of anilines is 1. The fourth-order valence-electron chi connectivity index (χ4n) is 3.57. The lowest BCUT2D eigenvalue weighted by atomic mass is 9.87. The molecule has 2 N–H and O–H groups in total. The van der Waals surface area contributed by atoms with Crippen molar-refractivity contribution in [1.82, 2.24) is 25.3 Å².